The van der Waals surface area contributed by atoms with Crippen LogP contribution in [-0.2, 0) is 46.1 Å². The third kappa shape index (κ3) is 10.1. The summed E-state index contributed by atoms with van der Waals surface area (Å²) in [5.74, 6) is -0.749. The van der Waals surface area contributed by atoms with Crippen LogP contribution < -0.4 is 15.9 Å². The van der Waals surface area contributed by atoms with Crippen LogP contribution in [0.1, 0.15) is 71.9 Å². The SMILES string of the molecule is C[C@@H]1[C@H]2O[C@@H](CC[P+](c3ccccc3)(c3ccccc3)c3ccccc3)[C@H](O[Si](C)(C)C(C)(C)C)C[C@@H]2O[C@@H]2[C@@H](C)[C@H](C)[C@@]3(C[C@H](OCc4ccccc4)CO3)O[C@H]2[C@H]1OCc1ccccc1. The summed E-state index contributed by atoms with van der Waals surface area (Å²) in [5.41, 5.74) is 2.28. The van der Waals surface area contributed by atoms with Gasteiger partial charge in [0.05, 0.1) is 68.7 Å². The molecule has 1 spiro atoms. The Balaban J connectivity index is 1.06. The zero-order chi connectivity index (χ0) is 46.8. The van der Waals surface area contributed by atoms with Crippen molar-refractivity contribution >= 4 is 31.5 Å². The van der Waals surface area contributed by atoms with Crippen LogP contribution in [0.15, 0.2) is 152 Å². The molecule has 4 aliphatic rings. The first-order valence-corrected chi connectivity index (χ1v) is 29.8. The van der Waals surface area contributed by atoms with Gasteiger partial charge < -0.3 is 32.8 Å². The second-order valence-corrected chi connectivity index (χ2v) is 29.7. The molecule has 0 aliphatic carbocycles. The molecule has 4 fully saturated rings. The Morgan fingerprint density at radius 1 is 0.627 bits per heavy atom. The minimum Gasteiger partial charge on any atom is -0.411 e. The molecule has 5 aromatic carbocycles. The lowest BCUT2D eigenvalue weighted by atomic mass is 9.75. The third-order valence-electron chi connectivity index (χ3n) is 16.2. The molecule has 0 amide bonds. The highest BCUT2D eigenvalue weighted by Crippen LogP contribution is 2.57. The molecular formula is C58H74O7PSi+. The van der Waals surface area contributed by atoms with E-state index in [2.05, 4.69) is 200 Å². The molecule has 67 heavy (non-hydrogen) atoms. The van der Waals surface area contributed by atoms with E-state index in [0.29, 0.717) is 26.2 Å². The maximum absolute atomic E-state index is 7.72. The molecule has 9 rings (SSSR count). The van der Waals surface area contributed by atoms with Crippen molar-refractivity contribution in [2.45, 2.75) is 147 Å². The van der Waals surface area contributed by atoms with Crippen LogP contribution in [0.4, 0.5) is 0 Å². The summed E-state index contributed by atoms with van der Waals surface area (Å²) in [6, 6.07) is 54.5. The van der Waals surface area contributed by atoms with Crippen LogP contribution in [0.25, 0.3) is 0 Å². The van der Waals surface area contributed by atoms with E-state index in [0.717, 1.165) is 30.1 Å². The van der Waals surface area contributed by atoms with Gasteiger partial charge in [-0.15, -0.1) is 0 Å². The minimum atomic E-state index is -2.27. The van der Waals surface area contributed by atoms with Crippen LogP contribution in [0.5, 0.6) is 0 Å². The van der Waals surface area contributed by atoms with Crippen molar-refractivity contribution in [3.05, 3.63) is 163 Å². The molecular weight excluding hydrogens is 868 g/mol. The van der Waals surface area contributed by atoms with Crippen LogP contribution in [0.2, 0.25) is 18.1 Å². The van der Waals surface area contributed by atoms with Gasteiger partial charge >= 0.3 is 0 Å². The Hall–Kier alpha value is -3.53. The van der Waals surface area contributed by atoms with Gasteiger partial charge in [-0.3, -0.25) is 0 Å². The summed E-state index contributed by atoms with van der Waals surface area (Å²) in [4.78, 5) is 0. The lowest BCUT2D eigenvalue weighted by Gasteiger charge is -2.51. The predicted octanol–water partition coefficient (Wildman–Crippen LogP) is 11.3. The highest BCUT2D eigenvalue weighted by molar-refractivity contribution is 7.95. The van der Waals surface area contributed by atoms with Gasteiger partial charge in [-0.1, -0.05) is 157 Å². The number of benzene rings is 5. The van der Waals surface area contributed by atoms with E-state index in [9.17, 15) is 0 Å². The Morgan fingerprint density at radius 2 is 1.13 bits per heavy atom. The fraction of sp³-hybridized carbons (Fsp3) is 0.483. The van der Waals surface area contributed by atoms with Crippen molar-refractivity contribution in [2.24, 2.45) is 17.8 Å². The van der Waals surface area contributed by atoms with Gasteiger partial charge in [0.2, 0.25) is 0 Å². The molecule has 0 saturated carbocycles. The smallest absolute Gasteiger partial charge is 0.192 e. The van der Waals surface area contributed by atoms with Crippen molar-refractivity contribution in [1.29, 1.82) is 0 Å². The number of rotatable bonds is 14. The molecule has 5 aromatic rings. The molecule has 0 radical (unpaired) electrons. The predicted molar refractivity (Wildman–Crippen MR) is 274 cm³/mol. The Morgan fingerprint density at radius 3 is 1.66 bits per heavy atom. The van der Waals surface area contributed by atoms with Crippen molar-refractivity contribution in [3.8, 4) is 0 Å². The quantitative estimate of drug-likeness (QED) is 0.0812. The van der Waals surface area contributed by atoms with E-state index in [1.807, 2.05) is 6.07 Å². The minimum absolute atomic E-state index is 0.0156. The average molecular weight is 942 g/mol. The van der Waals surface area contributed by atoms with Gasteiger partial charge in [-0.2, -0.15) is 0 Å². The molecule has 356 valence electrons. The van der Waals surface area contributed by atoms with E-state index in [1.165, 1.54) is 15.9 Å². The van der Waals surface area contributed by atoms with Crippen molar-refractivity contribution < 1.29 is 32.8 Å². The highest BCUT2D eigenvalue weighted by atomic mass is 31.2. The number of hydrogen-bond donors (Lipinski definition) is 0. The second-order valence-electron chi connectivity index (χ2n) is 21.4. The summed E-state index contributed by atoms with van der Waals surface area (Å²) in [5, 5.41) is 4.15. The average Bonchev–Trinajstić information content (AvgIpc) is 3.72. The Kier molecular flexibility index (Phi) is 14.8. The van der Waals surface area contributed by atoms with Gasteiger partial charge in [0.15, 0.2) is 14.1 Å². The fourth-order valence-electron chi connectivity index (χ4n) is 11.1. The maximum atomic E-state index is 7.72. The molecule has 4 saturated heterocycles. The van der Waals surface area contributed by atoms with Crippen LogP contribution >= 0.6 is 7.26 Å². The number of hydrogen-bond acceptors (Lipinski definition) is 7. The molecule has 12 atom stereocenters. The largest absolute Gasteiger partial charge is 0.411 e. The van der Waals surface area contributed by atoms with E-state index < -0.39 is 27.5 Å². The summed E-state index contributed by atoms with van der Waals surface area (Å²) in [7, 11) is -4.42. The van der Waals surface area contributed by atoms with Crippen LogP contribution in [-0.4, -0.2) is 75.7 Å². The maximum Gasteiger partial charge on any atom is 0.192 e. The Labute approximate surface area is 402 Å². The summed E-state index contributed by atoms with van der Waals surface area (Å²) in [6.45, 7) is 20.1. The molecule has 4 aliphatic heterocycles. The normalized spacial score (nSPS) is 31.2. The highest BCUT2D eigenvalue weighted by Gasteiger charge is 2.62. The van der Waals surface area contributed by atoms with Crippen molar-refractivity contribution in [1.82, 2.24) is 0 Å². The van der Waals surface area contributed by atoms with Gasteiger partial charge in [0.1, 0.15) is 29.3 Å². The summed E-state index contributed by atoms with van der Waals surface area (Å²) in [6.07, 6.45) is 1.32. The zero-order valence-electron chi connectivity index (χ0n) is 41.0. The third-order valence-corrected chi connectivity index (χ3v) is 25.1. The molecule has 0 N–H and O–H groups in total. The molecule has 4 heterocycles. The van der Waals surface area contributed by atoms with Gasteiger partial charge in [-0.05, 0) is 71.6 Å². The van der Waals surface area contributed by atoms with Crippen molar-refractivity contribution in [2.75, 3.05) is 12.8 Å². The fourth-order valence-corrected chi connectivity index (χ4v) is 16.8. The number of fused-ring (bicyclic) bond motifs is 2. The monoisotopic (exact) mass is 941 g/mol. The Bertz CT molecular complexity index is 2220. The van der Waals surface area contributed by atoms with E-state index in [-0.39, 0.29) is 65.5 Å². The molecule has 7 nitrogen and oxygen atoms in total. The molecule has 9 heteroatoms. The topological polar surface area (TPSA) is 64.6 Å². The standard InChI is InChI=1S/C58H74O7PSi/c1-41-43(3)58(37-46(40-61-58)59-38-44-24-14-9-15-25-44)64-56-54(60-39-45-26-16-10-17-27-45)42(2)53-52(63-55(41)56)36-51(65-67(7,8)57(4,5)6)50(62-53)34-35-66(47-28-18-11-19-29-47,48-30-20-12-21-31-48)49-32-22-13-23-33-49/h9-33,41-43,46,50-56H,34-40H2,1-8H3/q+1/t41-,42+,43-,46-,50-,51+,52-,53+,54-,55+,56-,58+/m0/s1. The van der Waals surface area contributed by atoms with Gasteiger partial charge in [0.25, 0.3) is 0 Å². The molecule has 0 aromatic heterocycles. The molecule has 0 bridgehead atoms. The zero-order valence-corrected chi connectivity index (χ0v) is 42.9. The first kappa shape index (κ1) is 48.5. The second kappa shape index (κ2) is 20.4. The summed E-state index contributed by atoms with van der Waals surface area (Å²) < 4.78 is 50.8. The van der Waals surface area contributed by atoms with Crippen molar-refractivity contribution in [3.63, 3.8) is 0 Å². The van der Waals surface area contributed by atoms with Gasteiger partial charge in [-0.25, -0.2) is 0 Å². The van der Waals surface area contributed by atoms with E-state index in [1.54, 1.807) is 0 Å². The first-order valence-electron chi connectivity index (χ1n) is 24.9. The lowest BCUT2D eigenvalue weighted by Crippen LogP contribution is -2.61. The van der Waals surface area contributed by atoms with E-state index >= 15 is 0 Å². The first-order chi connectivity index (χ1) is 32.3. The molecule has 0 unspecified atom stereocenters. The van der Waals surface area contributed by atoms with Crippen LogP contribution in [0.3, 0.4) is 0 Å². The van der Waals surface area contributed by atoms with E-state index in [4.69, 9.17) is 32.8 Å². The lowest BCUT2D eigenvalue weighted by molar-refractivity contribution is -0.341. The van der Waals surface area contributed by atoms with Gasteiger partial charge in [0, 0.05) is 31.1 Å². The summed E-state index contributed by atoms with van der Waals surface area (Å²) >= 11 is 0. The van der Waals surface area contributed by atoms with Crippen LogP contribution in [0, 0.1) is 17.8 Å². The number of ether oxygens (including phenoxy) is 6.